The first-order valence-electron chi connectivity index (χ1n) is 5.65. The molecule has 0 saturated carbocycles. The molecule has 0 spiro atoms. The second-order valence-electron chi connectivity index (χ2n) is 3.96. The quantitative estimate of drug-likeness (QED) is 0.846. The SMILES string of the molecule is COc1cccc(Sc2cc(C(=O)O)c(N)cc2F)c1. The molecule has 2 aromatic carbocycles. The molecule has 0 aromatic heterocycles. The Hall–Kier alpha value is -2.21. The fraction of sp³-hybridized carbons (Fsp3) is 0.0714. The van der Waals surface area contributed by atoms with Gasteiger partial charge in [-0.2, -0.15) is 0 Å². The Labute approximate surface area is 119 Å². The molecule has 0 bridgehead atoms. The number of hydrogen-bond donors (Lipinski definition) is 2. The Morgan fingerprint density at radius 3 is 2.75 bits per heavy atom. The molecule has 0 aliphatic carbocycles. The number of aromatic carboxylic acids is 1. The Balaban J connectivity index is 2.37. The van der Waals surface area contributed by atoms with Crippen molar-refractivity contribution in [3.8, 4) is 5.75 Å². The highest BCUT2D eigenvalue weighted by atomic mass is 32.2. The highest BCUT2D eigenvalue weighted by Crippen LogP contribution is 2.33. The average molecular weight is 293 g/mol. The van der Waals surface area contributed by atoms with Gasteiger partial charge in [-0.25, -0.2) is 9.18 Å². The molecule has 0 saturated heterocycles. The lowest BCUT2D eigenvalue weighted by Gasteiger charge is -2.08. The Kier molecular flexibility index (Phi) is 4.14. The van der Waals surface area contributed by atoms with E-state index in [0.29, 0.717) is 5.75 Å². The summed E-state index contributed by atoms with van der Waals surface area (Å²) in [5.74, 6) is -1.10. The van der Waals surface area contributed by atoms with Gasteiger partial charge < -0.3 is 15.6 Å². The summed E-state index contributed by atoms with van der Waals surface area (Å²) < 4.78 is 18.9. The highest BCUT2D eigenvalue weighted by molar-refractivity contribution is 7.99. The molecule has 0 amide bonds. The molecule has 0 aliphatic rings. The molecule has 2 rings (SSSR count). The number of anilines is 1. The first-order chi connectivity index (χ1) is 9.51. The number of nitrogen functional groups attached to an aromatic ring is 1. The molecule has 4 nitrogen and oxygen atoms in total. The van der Waals surface area contributed by atoms with Crippen molar-refractivity contribution in [2.45, 2.75) is 9.79 Å². The minimum Gasteiger partial charge on any atom is -0.497 e. The van der Waals surface area contributed by atoms with Crippen LogP contribution >= 0.6 is 11.8 Å². The van der Waals surface area contributed by atoms with Gasteiger partial charge >= 0.3 is 5.97 Å². The van der Waals surface area contributed by atoms with Crippen LogP contribution in [0.3, 0.4) is 0 Å². The average Bonchev–Trinajstić information content (AvgIpc) is 2.41. The van der Waals surface area contributed by atoms with Crippen LogP contribution in [0.2, 0.25) is 0 Å². The van der Waals surface area contributed by atoms with E-state index in [1.165, 1.54) is 13.2 Å². The van der Waals surface area contributed by atoms with Crippen LogP contribution < -0.4 is 10.5 Å². The maximum atomic E-state index is 13.8. The molecule has 0 atom stereocenters. The van der Waals surface area contributed by atoms with E-state index in [4.69, 9.17) is 15.6 Å². The minimum absolute atomic E-state index is 0.0926. The van der Waals surface area contributed by atoms with E-state index in [2.05, 4.69) is 0 Å². The van der Waals surface area contributed by atoms with E-state index in [-0.39, 0.29) is 16.1 Å². The first-order valence-corrected chi connectivity index (χ1v) is 6.47. The van der Waals surface area contributed by atoms with E-state index in [9.17, 15) is 9.18 Å². The van der Waals surface area contributed by atoms with Gasteiger partial charge in [0.1, 0.15) is 11.6 Å². The summed E-state index contributed by atoms with van der Waals surface area (Å²) in [5, 5.41) is 9.00. The summed E-state index contributed by atoms with van der Waals surface area (Å²) >= 11 is 1.11. The van der Waals surface area contributed by atoms with Gasteiger partial charge in [0.15, 0.2) is 0 Å². The predicted molar refractivity (Wildman–Crippen MR) is 74.9 cm³/mol. The maximum Gasteiger partial charge on any atom is 0.337 e. The molecular formula is C14H12FNO3S. The molecule has 0 unspecified atom stereocenters. The standard InChI is InChI=1S/C14H12FNO3S/c1-19-8-3-2-4-9(5-8)20-13-6-10(14(17)18)12(16)7-11(13)15/h2-7H,16H2,1H3,(H,17,18). The summed E-state index contributed by atoms with van der Waals surface area (Å²) in [4.78, 5) is 11.9. The molecule has 6 heteroatoms. The summed E-state index contributed by atoms with van der Waals surface area (Å²) in [5.41, 5.74) is 5.27. The van der Waals surface area contributed by atoms with Crippen LogP contribution in [0.15, 0.2) is 46.2 Å². The number of benzene rings is 2. The van der Waals surface area contributed by atoms with Crippen LogP contribution in [-0.2, 0) is 0 Å². The van der Waals surface area contributed by atoms with Crippen molar-refractivity contribution in [1.82, 2.24) is 0 Å². The topological polar surface area (TPSA) is 72.5 Å². The predicted octanol–water partition coefficient (Wildman–Crippen LogP) is 3.27. The molecular weight excluding hydrogens is 281 g/mol. The van der Waals surface area contributed by atoms with Crippen LogP contribution in [0, 0.1) is 5.82 Å². The molecule has 0 heterocycles. The van der Waals surface area contributed by atoms with E-state index < -0.39 is 11.8 Å². The minimum atomic E-state index is -1.19. The van der Waals surface area contributed by atoms with Crippen molar-refractivity contribution in [3.63, 3.8) is 0 Å². The number of carbonyl (C=O) groups is 1. The lowest BCUT2D eigenvalue weighted by molar-refractivity contribution is 0.0697. The Morgan fingerprint density at radius 1 is 1.35 bits per heavy atom. The fourth-order valence-electron chi connectivity index (χ4n) is 1.62. The number of carboxylic acid groups (broad SMARTS) is 1. The normalized spacial score (nSPS) is 10.3. The van der Waals surface area contributed by atoms with Crippen molar-refractivity contribution in [2.24, 2.45) is 0 Å². The van der Waals surface area contributed by atoms with Crippen LogP contribution in [0.4, 0.5) is 10.1 Å². The summed E-state index contributed by atoms with van der Waals surface area (Å²) in [6.45, 7) is 0. The molecule has 0 fully saturated rings. The van der Waals surface area contributed by atoms with E-state index in [1.54, 1.807) is 24.3 Å². The smallest absolute Gasteiger partial charge is 0.337 e. The molecule has 0 radical (unpaired) electrons. The number of carboxylic acids is 1. The van der Waals surface area contributed by atoms with Gasteiger partial charge in [0.25, 0.3) is 0 Å². The van der Waals surface area contributed by atoms with Crippen LogP contribution in [0.1, 0.15) is 10.4 Å². The zero-order valence-electron chi connectivity index (χ0n) is 10.6. The lowest BCUT2D eigenvalue weighted by Crippen LogP contribution is -2.03. The molecule has 104 valence electrons. The van der Waals surface area contributed by atoms with Gasteiger partial charge in [0.2, 0.25) is 0 Å². The van der Waals surface area contributed by atoms with Gasteiger partial charge in [0, 0.05) is 15.5 Å². The molecule has 3 N–H and O–H groups in total. The Bertz CT molecular complexity index is 661. The van der Waals surface area contributed by atoms with Crippen molar-refractivity contribution >= 4 is 23.4 Å². The zero-order valence-corrected chi connectivity index (χ0v) is 11.4. The van der Waals surface area contributed by atoms with Crippen LogP contribution in [0.5, 0.6) is 5.75 Å². The van der Waals surface area contributed by atoms with Gasteiger partial charge in [-0.1, -0.05) is 17.8 Å². The van der Waals surface area contributed by atoms with Crippen molar-refractivity contribution < 1.29 is 19.0 Å². The van der Waals surface area contributed by atoms with Crippen LogP contribution in [-0.4, -0.2) is 18.2 Å². The molecule has 0 aliphatic heterocycles. The van der Waals surface area contributed by atoms with Gasteiger partial charge in [-0.3, -0.25) is 0 Å². The highest BCUT2D eigenvalue weighted by Gasteiger charge is 2.14. The van der Waals surface area contributed by atoms with Gasteiger partial charge in [-0.15, -0.1) is 0 Å². The third-order valence-electron chi connectivity index (χ3n) is 2.60. The van der Waals surface area contributed by atoms with Crippen molar-refractivity contribution in [1.29, 1.82) is 0 Å². The van der Waals surface area contributed by atoms with E-state index in [1.807, 2.05) is 0 Å². The third-order valence-corrected chi connectivity index (χ3v) is 3.63. The monoisotopic (exact) mass is 293 g/mol. The van der Waals surface area contributed by atoms with E-state index >= 15 is 0 Å². The van der Waals surface area contributed by atoms with Crippen molar-refractivity contribution in [3.05, 3.63) is 47.8 Å². The summed E-state index contributed by atoms with van der Waals surface area (Å²) in [7, 11) is 1.54. The second kappa shape index (κ2) is 5.83. The lowest BCUT2D eigenvalue weighted by atomic mass is 10.2. The summed E-state index contributed by atoms with van der Waals surface area (Å²) in [6.07, 6.45) is 0. The third kappa shape index (κ3) is 3.03. The maximum absolute atomic E-state index is 13.8. The number of methoxy groups -OCH3 is 1. The Morgan fingerprint density at radius 2 is 2.10 bits per heavy atom. The molecule has 2 aromatic rings. The van der Waals surface area contributed by atoms with Crippen molar-refractivity contribution in [2.75, 3.05) is 12.8 Å². The number of ether oxygens (including phenoxy) is 1. The number of rotatable bonds is 4. The second-order valence-corrected chi connectivity index (χ2v) is 5.07. The number of halogens is 1. The summed E-state index contributed by atoms with van der Waals surface area (Å²) in [6, 6.07) is 9.31. The number of hydrogen-bond acceptors (Lipinski definition) is 4. The number of nitrogens with two attached hydrogens (primary N) is 1. The van der Waals surface area contributed by atoms with E-state index in [0.717, 1.165) is 22.7 Å². The van der Waals surface area contributed by atoms with Gasteiger partial charge in [0.05, 0.1) is 12.7 Å². The molecule has 20 heavy (non-hydrogen) atoms. The largest absolute Gasteiger partial charge is 0.497 e. The first kappa shape index (κ1) is 14.2. The zero-order chi connectivity index (χ0) is 14.7. The van der Waals surface area contributed by atoms with Gasteiger partial charge in [-0.05, 0) is 30.3 Å². The fourth-order valence-corrected chi connectivity index (χ4v) is 2.53. The van der Waals surface area contributed by atoms with Crippen LogP contribution in [0.25, 0.3) is 0 Å².